The van der Waals surface area contributed by atoms with Crippen molar-refractivity contribution in [3.05, 3.63) is 25.6 Å². The predicted molar refractivity (Wildman–Crippen MR) is 78.1 cm³/mol. The quantitative estimate of drug-likeness (QED) is 0.456. The van der Waals surface area contributed by atoms with Gasteiger partial charge in [0.25, 0.3) is 0 Å². The second-order valence-electron chi connectivity index (χ2n) is 3.19. The molecular formula is C10H14BrIN4. The molecular weight excluding hydrogens is 383 g/mol. The lowest BCUT2D eigenvalue weighted by Gasteiger charge is -2.05. The van der Waals surface area contributed by atoms with E-state index in [4.69, 9.17) is 5.41 Å². The average molecular weight is 397 g/mol. The number of halogens is 2. The largest absolute Gasteiger partial charge is 0.382 e. The van der Waals surface area contributed by atoms with Crippen LogP contribution in [-0.2, 0) is 13.0 Å². The van der Waals surface area contributed by atoms with E-state index in [2.05, 4.69) is 55.9 Å². The summed E-state index contributed by atoms with van der Waals surface area (Å²) in [6.45, 7) is 2.94. The Morgan fingerprint density at radius 3 is 2.88 bits per heavy atom. The van der Waals surface area contributed by atoms with Gasteiger partial charge in [-0.25, -0.2) is 0 Å². The Balaban J connectivity index is 2.95. The molecule has 2 N–H and O–H groups in total. The molecule has 1 heterocycles. The summed E-state index contributed by atoms with van der Waals surface area (Å²) in [6, 6.07) is 0. The zero-order chi connectivity index (χ0) is 12.1. The summed E-state index contributed by atoms with van der Waals surface area (Å²) in [5, 5.41) is 14.7. The molecule has 0 radical (unpaired) electrons. The second-order valence-corrected chi connectivity index (χ2v) is 5.00. The number of hydrogen-bond donors (Lipinski definition) is 2. The minimum Gasteiger partial charge on any atom is -0.382 e. The second kappa shape index (κ2) is 6.39. The molecule has 0 amide bonds. The van der Waals surface area contributed by atoms with Gasteiger partial charge in [0.15, 0.2) is 0 Å². The van der Waals surface area contributed by atoms with Gasteiger partial charge in [-0.15, -0.1) is 0 Å². The van der Waals surface area contributed by atoms with Crippen LogP contribution in [0.1, 0.15) is 12.5 Å². The third kappa shape index (κ3) is 3.07. The number of nitrogens with zero attached hydrogens (tertiary/aromatic N) is 2. The topological polar surface area (TPSA) is 53.7 Å². The third-order valence-corrected chi connectivity index (χ3v) is 4.36. The lowest BCUT2D eigenvalue weighted by atomic mass is 10.1. The van der Waals surface area contributed by atoms with Crippen LogP contribution in [0.15, 0.2) is 16.4 Å². The van der Waals surface area contributed by atoms with Gasteiger partial charge in [0, 0.05) is 37.4 Å². The van der Waals surface area contributed by atoms with Gasteiger partial charge in [0.05, 0.1) is 10.8 Å². The van der Waals surface area contributed by atoms with Crippen LogP contribution in [0.4, 0.5) is 0 Å². The standard InChI is InChI=1S/C10H14BrIN4/c1-3-16-10(12)8(6-15-16)4-7(5-13)9(11)14-2/h5-6,13-14H,3-4H2,1-2H3/b9-7-,13-5?. The summed E-state index contributed by atoms with van der Waals surface area (Å²) >= 11 is 5.69. The van der Waals surface area contributed by atoms with Gasteiger partial charge < -0.3 is 10.7 Å². The first-order valence-electron chi connectivity index (χ1n) is 4.91. The smallest absolute Gasteiger partial charge is 0.102 e. The zero-order valence-corrected chi connectivity index (χ0v) is 13.0. The molecule has 0 aliphatic carbocycles. The molecule has 0 unspecified atom stereocenters. The highest BCUT2D eigenvalue weighted by Gasteiger charge is 2.09. The molecule has 0 aromatic carbocycles. The van der Waals surface area contributed by atoms with Crippen LogP contribution in [0.2, 0.25) is 0 Å². The number of nitrogens with one attached hydrogen (secondary N) is 2. The van der Waals surface area contributed by atoms with Gasteiger partial charge >= 0.3 is 0 Å². The number of allylic oxidation sites excluding steroid dienone is 1. The lowest BCUT2D eigenvalue weighted by molar-refractivity contribution is 0.643. The Labute approximate surface area is 117 Å². The Morgan fingerprint density at radius 2 is 2.44 bits per heavy atom. The van der Waals surface area contributed by atoms with E-state index in [1.54, 1.807) is 0 Å². The van der Waals surface area contributed by atoms with Crippen LogP contribution in [0.3, 0.4) is 0 Å². The molecule has 1 rings (SSSR count). The fourth-order valence-electron chi connectivity index (χ4n) is 1.31. The molecule has 88 valence electrons. The Hall–Kier alpha value is -0.370. The third-order valence-electron chi connectivity index (χ3n) is 2.20. The van der Waals surface area contributed by atoms with E-state index in [0.29, 0.717) is 6.42 Å². The molecule has 0 saturated carbocycles. The Bertz CT molecular complexity index is 411. The fraction of sp³-hybridized carbons (Fsp3) is 0.400. The Kier molecular flexibility index (Phi) is 5.47. The van der Waals surface area contributed by atoms with E-state index in [9.17, 15) is 0 Å². The molecule has 0 fully saturated rings. The van der Waals surface area contributed by atoms with Crippen LogP contribution < -0.4 is 5.32 Å². The lowest BCUT2D eigenvalue weighted by Crippen LogP contribution is -2.06. The van der Waals surface area contributed by atoms with Crippen molar-refractivity contribution in [3.63, 3.8) is 0 Å². The van der Waals surface area contributed by atoms with E-state index in [1.165, 1.54) is 6.21 Å². The number of aryl methyl sites for hydroxylation is 1. The van der Waals surface area contributed by atoms with Crippen molar-refractivity contribution in [2.75, 3.05) is 7.05 Å². The zero-order valence-electron chi connectivity index (χ0n) is 9.22. The molecule has 0 aliphatic rings. The number of hydrogen-bond acceptors (Lipinski definition) is 3. The molecule has 1 aromatic rings. The number of aromatic nitrogens is 2. The summed E-state index contributed by atoms with van der Waals surface area (Å²) in [5.41, 5.74) is 2.06. The molecule has 0 atom stereocenters. The highest BCUT2D eigenvalue weighted by Crippen LogP contribution is 2.18. The van der Waals surface area contributed by atoms with E-state index in [-0.39, 0.29) is 0 Å². The predicted octanol–water partition coefficient (Wildman–Crippen LogP) is 2.53. The van der Waals surface area contributed by atoms with E-state index in [1.807, 2.05) is 17.9 Å². The van der Waals surface area contributed by atoms with Crippen LogP contribution in [0, 0.1) is 9.11 Å². The molecule has 0 saturated heterocycles. The van der Waals surface area contributed by atoms with Gasteiger partial charge in [-0.1, -0.05) is 0 Å². The SMILES string of the molecule is CCn1ncc(C/C(C=N)=C(\Br)NC)c1I. The van der Waals surface area contributed by atoms with Crippen LogP contribution in [0.25, 0.3) is 0 Å². The van der Waals surface area contributed by atoms with Gasteiger partial charge in [-0.2, -0.15) is 5.10 Å². The van der Waals surface area contributed by atoms with Crippen molar-refractivity contribution < 1.29 is 0 Å². The molecule has 0 aliphatic heterocycles. The summed E-state index contributed by atoms with van der Waals surface area (Å²) in [7, 11) is 1.83. The summed E-state index contributed by atoms with van der Waals surface area (Å²) in [6.07, 6.45) is 3.94. The average Bonchev–Trinajstić information content (AvgIpc) is 2.66. The minimum absolute atomic E-state index is 0.712. The first kappa shape index (κ1) is 13.7. The van der Waals surface area contributed by atoms with Crippen molar-refractivity contribution in [2.24, 2.45) is 0 Å². The van der Waals surface area contributed by atoms with Crippen molar-refractivity contribution >= 4 is 44.7 Å². The first-order valence-corrected chi connectivity index (χ1v) is 6.78. The molecule has 1 aromatic heterocycles. The van der Waals surface area contributed by atoms with E-state index in [0.717, 1.165) is 26.0 Å². The van der Waals surface area contributed by atoms with Crippen LogP contribution in [0.5, 0.6) is 0 Å². The molecule has 4 nitrogen and oxygen atoms in total. The maximum atomic E-state index is 7.38. The van der Waals surface area contributed by atoms with Crippen molar-refractivity contribution in [1.29, 1.82) is 5.41 Å². The molecule has 16 heavy (non-hydrogen) atoms. The fourth-order valence-corrected chi connectivity index (χ4v) is 2.36. The maximum absolute atomic E-state index is 7.38. The first-order chi connectivity index (χ1) is 7.63. The van der Waals surface area contributed by atoms with Gasteiger partial charge in [-0.3, -0.25) is 4.68 Å². The minimum atomic E-state index is 0.712. The summed E-state index contributed by atoms with van der Waals surface area (Å²) in [5.74, 6) is 0. The molecule has 6 heteroatoms. The van der Waals surface area contributed by atoms with Gasteiger partial charge in [0.1, 0.15) is 3.70 Å². The van der Waals surface area contributed by atoms with Crippen molar-refractivity contribution in [2.45, 2.75) is 19.9 Å². The highest BCUT2D eigenvalue weighted by molar-refractivity contribution is 14.1. The molecule has 0 bridgehead atoms. The molecule has 0 spiro atoms. The maximum Gasteiger partial charge on any atom is 0.102 e. The van der Waals surface area contributed by atoms with Crippen LogP contribution >= 0.6 is 38.5 Å². The highest BCUT2D eigenvalue weighted by atomic mass is 127. The number of rotatable bonds is 5. The van der Waals surface area contributed by atoms with Crippen molar-refractivity contribution in [3.8, 4) is 0 Å². The Morgan fingerprint density at radius 1 is 1.75 bits per heavy atom. The summed E-state index contributed by atoms with van der Waals surface area (Å²) in [4.78, 5) is 0. The van der Waals surface area contributed by atoms with E-state index < -0.39 is 0 Å². The van der Waals surface area contributed by atoms with Crippen molar-refractivity contribution in [1.82, 2.24) is 15.1 Å². The van der Waals surface area contributed by atoms with E-state index >= 15 is 0 Å². The van der Waals surface area contributed by atoms with Gasteiger partial charge in [0.2, 0.25) is 0 Å². The normalized spacial score (nSPS) is 12.2. The van der Waals surface area contributed by atoms with Gasteiger partial charge in [-0.05, 0) is 45.4 Å². The van der Waals surface area contributed by atoms with Crippen LogP contribution in [-0.4, -0.2) is 23.0 Å². The monoisotopic (exact) mass is 396 g/mol. The summed E-state index contributed by atoms with van der Waals surface area (Å²) < 4.78 is 3.93.